The number of aliphatic carboxylic acids is 1. The van der Waals surface area contributed by atoms with Crippen molar-refractivity contribution in [3.8, 4) is 0 Å². The van der Waals surface area contributed by atoms with Crippen molar-refractivity contribution >= 4 is 23.4 Å². The Morgan fingerprint density at radius 3 is 2.72 bits per heavy atom. The summed E-state index contributed by atoms with van der Waals surface area (Å²) in [6.07, 6.45) is 2.22. The SMILES string of the molecule is CSc1cccc(N(CCC(=O)O)CC(C)C)c1. The second-order valence-corrected chi connectivity index (χ2v) is 5.56. The zero-order valence-corrected chi connectivity index (χ0v) is 12.0. The molecule has 0 unspecified atom stereocenters. The van der Waals surface area contributed by atoms with E-state index in [1.165, 1.54) is 4.90 Å². The van der Waals surface area contributed by atoms with Gasteiger partial charge in [-0.25, -0.2) is 0 Å². The highest BCUT2D eigenvalue weighted by atomic mass is 32.2. The van der Waals surface area contributed by atoms with Gasteiger partial charge in [0.25, 0.3) is 0 Å². The van der Waals surface area contributed by atoms with Gasteiger partial charge in [-0.2, -0.15) is 0 Å². The number of rotatable bonds is 7. The van der Waals surface area contributed by atoms with Crippen molar-refractivity contribution in [1.82, 2.24) is 0 Å². The lowest BCUT2D eigenvalue weighted by atomic mass is 10.1. The van der Waals surface area contributed by atoms with Crippen LogP contribution in [0.5, 0.6) is 0 Å². The standard InChI is InChI=1S/C14H21NO2S/c1-11(2)10-15(8-7-14(16)17)12-5-4-6-13(9-12)18-3/h4-6,9,11H,7-8,10H2,1-3H3,(H,16,17). The monoisotopic (exact) mass is 267 g/mol. The zero-order valence-electron chi connectivity index (χ0n) is 11.2. The minimum atomic E-state index is -0.746. The first-order valence-corrected chi connectivity index (χ1v) is 7.36. The van der Waals surface area contributed by atoms with Gasteiger partial charge >= 0.3 is 5.97 Å². The van der Waals surface area contributed by atoms with E-state index >= 15 is 0 Å². The van der Waals surface area contributed by atoms with Crippen LogP contribution in [0.1, 0.15) is 20.3 Å². The van der Waals surface area contributed by atoms with E-state index in [4.69, 9.17) is 5.11 Å². The van der Waals surface area contributed by atoms with E-state index < -0.39 is 5.97 Å². The molecule has 0 bridgehead atoms. The number of anilines is 1. The van der Waals surface area contributed by atoms with Gasteiger partial charge in [0, 0.05) is 23.7 Å². The Morgan fingerprint density at radius 2 is 2.17 bits per heavy atom. The van der Waals surface area contributed by atoms with Crippen molar-refractivity contribution < 1.29 is 9.90 Å². The van der Waals surface area contributed by atoms with Gasteiger partial charge in [-0.1, -0.05) is 19.9 Å². The first kappa shape index (κ1) is 14.9. The maximum atomic E-state index is 10.7. The second kappa shape index (κ2) is 7.31. The Kier molecular flexibility index (Phi) is 6.05. The van der Waals surface area contributed by atoms with Gasteiger partial charge in [-0.05, 0) is 30.4 Å². The number of hydrogen-bond donors (Lipinski definition) is 1. The highest BCUT2D eigenvalue weighted by molar-refractivity contribution is 7.98. The molecule has 0 spiro atoms. The Morgan fingerprint density at radius 1 is 1.44 bits per heavy atom. The van der Waals surface area contributed by atoms with Crippen LogP contribution in [0.3, 0.4) is 0 Å². The predicted octanol–water partition coefficient (Wildman–Crippen LogP) is 3.35. The molecule has 0 amide bonds. The molecule has 1 aromatic rings. The van der Waals surface area contributed by atoms with Crippen LogP contribution >= 0.6 is 11.8 Å². The molecule has 0 radical (unpaired) electrons. The van der Waals surface area contributed by atoms with Crippen molar-refractivity contribution in [1.29, 1.82) is 0 Å². The van der Waals surface area contributed by atoms with Crippen LogP contribution in [-0.2, 0) is 4.79 Å². The van der Waals surface area contributed by atoms with Crippen molar-refractivity contribution in [3.05, 3.63) is 24.3 Å². The molecule has 0 aliphatic heterocycles. The van der Waals surface area contributed by atoms with Crippen LogP contribution in [0, 0.1) is 5.92 Å². The van der Waals surface area contributed by atoms with Crippen LogP contribution in [0.25, 0.3) is 0 Å². The highest BCUT2D eigenvalue weighted by Crippen LogP contribution is 2.23. The maximum Gasteiger partial charge on any atom is 0.305 e. The predicted molar refractivity (Wildman–Crippen MR) is 77.5 cm³/mol. The number of carboxylic acids is 1. The molecule has 0 saturated heterocycles. The molecule has 0 atom stereocenters. The largest absolute Gasteiger partial charge is 0.481 e. The summed E-state index contributed by atoms with van der Waals surface area (Å²) in [6.45, 7) is 5.73. The van der Waals surface area contributed by atoms with Crippen LogP contribution in [0.15, 0.2) is 29.2 Å². The fourth-order valence-corrected chi connectivity index (χ4v) is 2.26. The van der Waals surface area contributed by atoms with Crippen LogP contribution in [0.4, 0.5) is 5.69 Å². The summed E-state index contributed by atoms with van der Waals surface area (Å²) in [5.74, 6) is -0.235. The quantitative estimate of drug-likeness (QED) is 0.769. The summed E-state index contributed by atoms with van der Waals surface area (Å²) in [7, 11) is 0. The molecule has 0 heterocycles. The maximum absolute atomic E-state index is 10.7. The van der Waals surface area contributed by atoms with Crippen LogP contribution in [0.2, 0.25) is 0 Å². The Hall–Kier alpha value is -1.16. The lowest BCUT2D eigenvalue weighted by Crippen LogP contribution is -2.30. The highest BCUT2D eigenvalue weighted by Gasteiger charge is 2.10. The summed E-state index contributed by atoms with van der Waals surface area (Å²) < 4.78 is 0. The molecule has 0 saturated carbocycles. The Balaban J connectivity index is 2.82. The van der Waals surface area contributed by atoms with E-state index in [1.807, 2.05) is 18.4 Å². The second-order valence-electron chi connectivity index (χ2n) is 4.69. The Labute approximate surface area is 113 Å². The molecule has 0 fully saturated rings. The van der Waals surface area contributed by atoms with Crippen molar-refractivity contribution in [2.24, 2.45) is 5.92 Å². The minimum Gasteiger partial charge on any atom is -0.481 e. The van der Waals surface area contributed by atoms with Gasteiger partial charge < -0.3 is 10.0 Å². The van der Waals surface area contributed by atoms with Gasteiger partial charge in [0.1, 0.15) is 0 Å². The molecule has 3 nitrogen and oxygen atoms in total. The molecule has 0 aromatic heterocycles. The van der Waals surface area contributed by atoms with E-state index in [2.05, 4.69) is 30.9 Å². The van der Waals surface area contributed by atoms with Gasteiger partial charge in [-0.15, -0.1) is 11.8 Å². The number of carboxylic acid groups (broad SMARTS) is 1. The first-order chi connectivity index (χ1) is 8.52. The third-order valence-corrected chi connectivity index (χ3v) is 3.32. The number of carbonyl (C=O) groups is 1. The van der Waals surface area contributed by atoms with Gasteiger partial charge in [0.2, 0.25) is 0 Å². The van der Waals surface area contributed by atoms with Gasteiger partial charge in [0.15, 0.2) is 0 Å². The molecule has 0 aliphatic rings. The number of nitrogens with zero attached hydrogens (tertiary/aromatic N) is 1. The molecule has 18 heavy (non-hydrogen) atoms. The van der Waals surface area contributed by atoms with Crippen molar-refractivity contribution in [2.45, 2.75) is 25.2 Å². The lowest BCUT2D eigenvalue weighted by Gasteiger charge is -2.26. The normalized spacial score (nSPS) is 10.7. The third-order valence-electron chi connectivity index (χ3n) is 2.60. The van der Waals surface area contributed by atoms with Crippen LogP contribution < -0.4 is 4.90 Å². The number of benzene rings is 1. The van der Waals surface area contributed by atoms with E-state index in [-0.39, 0.29) is 6.42 Å². The lowest BCUT2D eigenvalue weighted by molar-refractivity contribution is -0.136. The summed E-state index contributed by atoms with van der Waals surface area (Å²) in [5, 5.41) is 8.81. The molecule has 4 heteroatoms. The van der Waals surface area contributed by atoms with Crippen LogP contribution in [-0.4, -0.2) is 30.4 Å². The van der Waals surface area contributed by atoms with E-state index in [0.717, 1.165) is 12.2 Å². The number of hydrogen-bond acceptors (Lipinski definition) is 3. The molecular weight excluding hydrogens is 246 g/mol. The summed E-state index contributed by atoms with van der Waals surface area (Å²) in [6, 6.07) is 8.26. The third kappa shape index (κ3) is 5.00. The molecule has 1 N–H and O–H groups in total. The van der Waals surface area contributed by atoms with E-state index in [0.29, 0.717) is 12.5 Å². The molecule has 100 valence electrons. The molecular formula is C14H21NO2S. The smallest absolute Gasteiger partial charge is 0.305 e. The first-order valence-electron chi connectivity index (χ1n) is 6.13. The van der Waals surface area contributed by atoms with Gasteiger partial charge in [-0.3, -0.25) is 4.79 Å². The molecule has 1 aromatic carbocycles. The van der Waals surface area contributed by atoms with Crippen molar-refractivity contribution in [2.75, 3.05) is 24.2 Å². The topological polar surface area (TPSA) is 40.5 Å². The fourth-order valence-electron chi connectivity index (χ4n) is 1.80. The average Bonchev–Trinajstić information content (AvgIpc) is 2.34. The fraction of sp³-hybridized carbons (Fsp3) is 0.500. The molecule has 1 rings (SSSR count). The summed E-state index contributed by atoms with van der Waals surface area (Å²) in [5.41, 5.74) is 1.11. The summed E-state index contributed by atoms with van der Waals surface area (Å²) in [4.78, 5) is 14.1. The van der Waals surface area contributed by atoms with Gasteiger partial charge in [0.05, 0.1) is 6.42 Å². The Bertz CT molecular complexity index is 393. The average molecular weight is 267 g/mol. The van der Waals surface area contributed by atoms with Crippen molar-refractivity contribution in [3.63, 3.8) is 0 Å². The van der Waals surface area contributed by atoms with E-state index in [1.54, 1.807) is 11.8 Å². The van der Waals surface area contributed by atoms with E-state index in [9.17, 15) is 4.79 Å². The minimum absolute atomic E-state index is 0.177. The summed E-state index contributed by atoms with van der Waals surface area (Å²) >= 11 is 1.70. The zero-order chi connectivity index (χ0) is 13.5. The number of thioether (sulfide) groups is 1. The molecule has 0 aliphatic carbocycles.